The van der Waals surface area contributed by atoms with E-state index in [0.29, 0.717) is 5.56 Å². The van der Waals surface area contributed by atoms with Gasteiger partial charge in [-0.25, -0.2) is 0 Å². The Morgan fingerprint density at radius 3 is 2.73 bits per heavy atom. The third-order valence-corrected chi connectivity index (χ3v) is 4.73. The minimum Gasteiger partial charge on any atom is -0.358 e. The van der Waals surface area contributed by atoms with Crippen LogP contribution < -0.4 is 10.2 Å². The van der Waals surface area contributed by atoms with Gasteiger partial charge in [-0.2, -0.15) is 0 Å². The van der Waals surface area contributed by atoms with Gasteiger partial charge in [-0.3, -0.25) is 9.59 Å². The summed E-state index contributed by atoms with van der Waals surface area (Å²) in [5.74, 6) is -0.110. The summed E-state index contributed by atoms with van der Waals surface area (Å²) in [5, 5.41) is 4.63. The molecule has 0 spiro atoms. The molecule has 114 valence electrons. The molecule has 1 aromatic carbocycles. The summed E-state index contributed by atoms with van der Waals surface area (Å²) >= 11 is 1.58. The number of para-hydroxylation sites is 1. The molecule has 2 heterocycles. The summed E-state index contributed by atoms with van der Waals surface area (Å²) in [6.45, 7) is 0.202. The van der Waals surface area contributed by atoms with E-state index in [-0.39, 0.29) is 24.5 Å². The number of rotatable bonds is 3. The van der Waals surface area contributed by atoms with Crippen LogP contribution in [-0.4, -0.2) is 37.4 Å². The Labute approximate surface area is 133 Å². The number of anilines is 1. The van der Waals surface area contributed by atoms with Gasteiger partial charge in [0.1, 0.15) is 6.17 Å². The molecule has 22 heavy (non-hydrogen) atoms. The van der Waals surface area contributed by atoms with Crippen molar-refractivity contribution in [3.05, 3.63) is 52.2 Å². The van der Waals surface area contributed by atoms with Crippen LogP contribution in [0.3, 0.4) is 0 Å². The van der Waals surface area contributed by atoms with Gasteiger partial charge < -0.3 is 15.1 Å². The highest BCUT2D eigenvalue weighted by atomic mass is 32.1. The van der Waals surface area contributed by atoms with Crippen LogP contribution in [0.25, 0.3) is 0 Å². The second-order valence-corrected chi connectivity index (χ2v) is 6.10. The van der Waals surface area contributed by atoms with Gasteiger partial charge in [0.2, 0.25) is 5.91 Å². The molecule has 5 nitrogen and oxygen atoms in total. The second-order valence-electron chi connectivity index (χ2n) is 5.12. The third kappa shape index (κ3) is 2.35. The van der Waals surface area contributed by atoms with E-state index in [9.17, 15) is 9.59 Å². The minimum absolute atomic E-state index is 0.0258. The van der Waals surface area contributed by atoms with Crippen LogP contribution in [0.5, 0.6) is 0 Å². The average Bonchev–Trinajstić information content (AvgIpc) is 3.06. The van der Waals surface area contributed by atoms with E-state index < -0.39 is 0 Å². The molecule has 2 aromatic rings. The van der Waals surface area contributed by atoms with E-state index in [0.717, 1.165) is 10.6 Å². The summed E-state index contributed by atoms with van der Waals surface area (Å²) in [6, 6.07) is 11.4. The standard InChI is InChI=1S/C16H17N3O2S/c1-17-14(20)10-19-12-7-4-3-6-11(12)16(21)18(2)15(19)13-8-5-9-22-13/h3-9,15H,10H2,1-2H3,(H,17,20)/t15-/m1/s1. The van der Waals surface area contributed by atoms with Crippen LogP contribution in [0, 0.1) is 0 Å². The first-order valence-electron chi connectivity index (χ1n) is 7.00. The van der Waals surface area contributed by atoms with E-state index in [1.165, 1.54) is 0 Å². The first kappa shape index (κ1) is 14.6. The zero-order valence-corrected chi connectivity index (χ0v) is 13.3. The molecule has 3 rings (SSSR count). The Morgan fingerprint density at radius 2 is 2.05 bits per heavy atom. The summed E-state index contributed by atoms with van der Waals surface area (Å²) in [6.07, 6.45) is -0.264. The van der Waals surface area contributed by atoms with Crippen LogP contribution in [0.2, 0.25) is 0 Å². The first-order chi connectivity index (χ1) is 10.6. The highest BCUT2D eigenvalue weighted by molar-refractivity contribution is 7.10. The van der Waals surface area contributed by atoms with Crippen LogP contribution in [-0.2, 0) is 4.79 Å². The van der Waals surface area contributed by atoms with Crippen LogP contribution >= 0.6 is 11.3 Å². The van der Waals surface area contributed by atoms with E-state index in [4.69, 9.17) is 0 Å². The van der Waals surface area contributed by atoms with Crippen molar-refractivity contribution >= 4 is 28.8 Å². The lowest BCUT2D eigenvalue weighted by Crippen LogP contribution is -2.50. The third-order valence-electron chi connectivity index (χ3n) is 3.82. The largest absolute Gasteiger partial charge is 0.358 e. The maximum atomic E-state index is 12.6. The number of thiophene rings is 1. The Hall–Kier alpha value is -2.34. The number of nitrogens with one attached hydrogen (secondary N) is 1. The average molecular weight is 315 g/mol. The maximum absolute atomic E-state index is 12.6. The van der Waals surface area contributed by atoms with Gasteiger partial charge in [0.25, 0.3) is 5.91 Å². The lowest BCUT2D eigenvalue weighted by Gasteiger charge is -2.43. The van der Waals surface area contributed by atoms with Gasteiger partial charge in [-0.15, -0.1) is 11.3 Å². The minimum atomic E-state index is -0.264. The monoisotopic (exact) mass is 315 g/mol. The molecule has 1 aliphatic rings. The van der Waals surface area contributed by atoms with Gasteiger partial charge in [0, 0.05) is 19.0 Å². The number of likely N-dealkylation sites (N-methyl/N-ethyl adjacent to an activating group) is 1. The Bertz CT molecular complexity index is 699. The quantitative estimate of drug-likeness (QED) is 0.943. The van der Waals surface area contributed by atoms with Gasteiger partial charge in [-0.05, 0) is 23.6 Å². The zero-order valence-electron chi connectivity index (χ0n) is 12.4. The summed E-state index contributed by atoms with van der Waals surface area (Å²) in [5.41, 5.74) is 1.43. The molecule has 0 unspecified atom stereocenters. The number of amides is 2. The lowest BCUT2D eigenvalue weighted by atomic mass is 10.0. The fourth-order valence-corrected chi connectivity index (χ4v) is 3.61. The van der Waals surface area contributed by atoms with Crippen LogP contribution in [0.1, 0.15) is 21.4 Å². The lowest BCUT2D eigenvalue weighted by molar-refractivity contribution is -0.119. The smallest absolute Gasteiger partial charge is 0.257 e. The number of carbonyl (C=O) groups is 2. The molecule has 0 bridgehead atoms. The van der Waals surface area contributed by atoms with E-state index in [2.05, 4.69) is 5.32 Å². The van der Waals surface area contributed by atoms with E-state index >= 15 is 0 Å². The van der Waals surface area contributed by atoms with Crippen molar-refractivity contribution in [1.82, 2.24) is 10.2 Å². The number of hydrogen-bond acceptors (Lipinski definition) is 4. The molecule has 6 heteroatoms. The van der Waals surface area contributed by atoms with E-state index in [1.807, 2.05) is 40.6 Å². The number of fused-ring (bicyclic) bond motifs is 1. The van der Waals surface area contributed by atoms with Crippen molar-refractivity contribution in [3.8, 4) is 0 Å². The molecule has 0 aliphatic carbocycles. The molecular formula is C16H17N3O2S. The molecule has 1 N–H and O–H groups in total. The van der Waals surface area contributed by atoms with Gasteiger partial charge in [0.05, 0.1) is 17.8 Å². The van der Waals surface area contributed by atoms with Crippen molar-refractivity contribution in [3.63, 3.8) is 0 Å². The fourth-order valence-electron chi connectivity index (χ4n) is 2.73. The molecule has 2 amide bonds. The predicted molar refractivity (Wildman–Crippen MR) is 87.0 cm³/mol. The number of benzene rings is 1. The molecule has 0 radical (unpaired) electrons. The Kier molecular flexibility index (Phi) is 3.85. The van der Waals surface area contributed by atoms with Crippen molar-refractivity contribution < 1.29 is 9.59 Å². The molecule has 1 atom stereocenters. The van der Waals surface area contributed by atoms with Gasteiger partial charge in [0.15, 0.2) is 0 Å². The van der Waals surface area contributed by atoms with Crippen molar-refractivity contribution in [1.29, 1.82) is 0 Å². The Morgan fingerprint density at radius 1 is 1.27 bits per heavy atom. The number of nitrogens with zero attached hydrogens (tertiary/aromatic N) is 2. The van der Waals surface area contributed by atoms with Crippen molar-refractivity contribution in [2.75, 3.05) is 25.5 Å². The molecule has 0 saturated carbocycles. The normalized spacial score (nSPS) is 17.4. The van der Waals surface area contributed by atoms with Gasteiger partial charge >= 0.3 is 0 Å². The van der Waals surface area contributed by atoms with Gasteiger partial charge in [-0.1, -0.05) is 18.2 Å². The fraction of sp³-hybridized carbons (Fsp3) is 0.250. The highest BCUT2D eigenvalue weighted by Crippen LogP contribution is 2.38. The topological polar surface area (TPSA) is 52.7 Å². The second kappa shape index (κ2) is 5.81. The van der Waals surface area contributed by atoms with E-state index in [1.54, 1.807) is 36.4 Å². The van der Waals surface area contributed by atoms with Crippen molar-refractivity contribution in [2.45, 2.75) is 6.17 Å². The first-order valence-corrected chi connectivity index (χ1v) is 7.88. The van der Waals surface area contributed by atoms with Crippen LogP contribution in [0.15, 0.2) is 41.8 Å². The highest BCUT2D eigenvalue weighted by Gasteiger charge is 2.37. The maximum Gasteiger partial charge on any atom is 0.257 e. The molecule has 1 aromatic heterocycles. The van der Waals surface area contributed by atoms with Crippen LogP contribution in [0.4, 0.5) is 5.69 Å². The summed E-state index contributed by atoms with van der Waals surface area (Å²) in [4.78, 5) is 29.3. The number of carbonyl (C=O) groups excluding carboxylic acids is 2. The SMILES string of the molecule is CNC(=O)CN1c2ccccc2C(=O)N(C)[C@H]1c1cccs1. The molecular weight excluding hydrogens is 298 g/mol. The molecule has 0 saturated heterocycles. The van der Waals surface area contributed by atoms with Crippen molar-refractivity contribution in [2.24, 2.45) is 0 Å². The zero-order chi connectivity index (χ0) is 15.7. The summed E-state index contributed by atoms with van der Waals surface area (Å²) < 4.78 is 0. The summed E-state index contributed by atoms with van der Waals surface area (Å²) in [7, 11) is 3.40. The molecule has 0 fully saturated rings. The molecule has 1 aliphatic heterocycles. The predicted octanol–water partition coefficient (Wildman–Crippen LogP) is 2.08. The number of hydrogen-bond donors (Lipinski definition) is 1. The Balaban J connectivity index is 2.11.